The van der Waals surface area contributed by atoms with Crippen molar-refractivity contribution in [1.29, 1.82) is 0 Å². The van der Waals surface area contributed by atoms with Crippen LogP contribution in [0.5, 0.6) is 0 Å². The van der Waals surface area contributed by atoms with Gasteiger partial charge in [-0.1, -0.05) is 62.9 Å². The van der Waals surface area contributed by atoms with Gasteiger partial charge in [-0.3, -0.25) is 19.6 Å². The van der Waals surface area contributed by atoms with Crippen LogP contribution in [0.2, 0.25) is 0 Å². The first kappa shape index (κ1) is 33.2. The van der Waals surface area contributed by atoms with Crippen LogP contribution in [0.1, 0.15) is 93.3 Å². The minimum absolute atomic E-state index is 0.00951. The summed E-state index contributed by atoms with van der Waals surface area (Å²) >= 11 is 0. The number of aliphatic hydroxyl groups is 1. The van der Waals surface area contributed by atoms with E-state index in [-0.39, 0.29) is 44.0 Å². The van der Waals surface area contributed by atoms with Crippen LogP contribution in [0, 0.1) is 5.92 Å². The number of aliphatic hydroxyl groups excluding tert-OH is 1. The minimum Gasteiger partial charge on any atom is -0.390 e. The Balaban J connectivity index is 1.48. The molecule has 14 heteroatoms. The van der Waals surface area contributed by atoms with Crippen LogP contribution in [0.25, 0.3) is 0 Å². The van der Waals surface area contributed by atoms with Crippen LogP contribution in [-0.2, 0) is 21.9 Å². The van der Waals surface area contributed by atoms with Crippen LogP contribution in [0.4, 0.5) is 26.3 Å². The quantitative estimate of drug-likeness (QED) is 0.333. The third kappa shape index (κ3) is 6.45. The Morgan fingerprint density at radius 3 is 2.22 bits per heavy atom. The molecule has 3 heterocycles. The molecule has 0 bridgehead atoms. The zero-order chi connectivity index (χ0) is 32.6. The monoisotopic (exact) mass is 643 g/mol. The van der Waals surface area contributed by atoms with Crippen molar-refractivity contribution in [3.05, 3.63) is 52.8 Å². The normalized spacial score (nSPS) is 23.3. The number of amides is 2. The number of piperidine rings is 1. The molecule has 1 aromatic carbocycles. The Morgan fingerprint density at radius 2 is 1.64 bits per heavy atom. The number of hydrogen-bond donors (Lipinski definition) is 3. The second kappa shape index (κ2) is 12.9. The second-order valence-corrected chi connectivity index (χ2v) is 12.4. The molecule has 2 aromatic rings. The molecule has 3 aliphatic rings. The summed E-state index contributed by atoms with van der Waals surface area (Å²) in [6.45, 7) is 2.04. The molecule has 2 saturated heterocycles. The van der Waals surface area contributed by atoms with Gasteiger partial charge in [-0.15, -0.1) is 0 Å². The number of alkyl halides is 6. The van der Waals surface area contributed by atoms with Crippen molar-refractivity contribution in [2.75, 3.05) is 19.6 Å². The topological polar surface area (TPSA) is 102 Å². The van der Waals surface area contributed by atoms with Gasteiger partial charge in [-0.2, -0.15) is 31.4 Å². The molecule has 45 heavy (non-hydrogen) atoms. The van der Waals surface area contributed by atoms with Crippen molar-refractivity contribution in [2.24, 2.45) is 5.92 Å². The molecule has 5 rings (SSSR count). The maximum atomic E-state index is 14.1. The van der Waals surface area contributed by atoms with Crippen LogP contribution in [0.15, 0.2) is 30.3 Å². The Labute approximate surface area is 257 Å². The number of carbonyl (C=O) groups is 2. The molecular formula is C31H39F6N5O3. The highest BCUT2D eigenvalue weighted by molar-refractivity contribution is 6.00. The number of nitrogens with zero attached hydrogens (tertiary/aromatic N) is 3. The van der Waals surface area contributed by atoms with E-state index in [0.29, 0.717) is 6.42 Å². The molecule has 2 aliphatic heterocycles. The Bertz CT molecular complexity index is 1300. The average molecular weight is 644 g/mol. The first-order valence-electron chi connectivity index (χ1n) is 15.6. The summed E-state index contributed by atoms with van der Waals surface area (Å²) < 4.78 is 84.6. The largest absolute Gasteiger partial charge is 0.435 e. The summed E-state index contributed by atoms with van der Waals surface area (Å²) in [4.78, 5) is 30.8. The number of unbranched alkanes of at least 4 members (excludes halogenated alkanes) is 1. The van der Waals surface area contributed by atoms with E-state index in [4.69, 9.17) is 0 Å². The number of aromatic amines is 1. The van der Waals surface area contributed by atoms with Crippen LogP contribution >= 0.6 is 0 Å². The molecule has 3 atom stereocenters. The molecule has 2 amide bonds. The lowest BCUT2D eigenvalue weighted by Gasteiger charge is -2.53. The van der Waals surface area contributed by atoms with Crippen molar-refractivity contribution < 1.29 is 41.0 Å². The number of carbonyl (C=O) groups excluding carboxylic acids is 2. The van der Waals surface area contributed by atoms with Crippen molar-refractivity contribution in [1.82, 2.24) is 25.3 Å². The van der Waals surface area contributed by atoms with Gasteiger partial charge in [0.1, 0.15) is 17.3 Å². The summed E-state index contributed by atoms with van der Waals surface area (Å²) in [7, 11) is 0. The van der Waals surface area contributed by atoms with E-state index in [1.54, 1.807) is 11.2 Å². The lowest BCUT2D eigenvalue weighted by molar-refractivity contribution is -0.166. The average Bonchev–Trinajstić information content (AvgIpc) is 3.47. The van der Waals surface area contributed by atoms with Gasteiger partial charge in [-0.05, 0) is 43.6 Å². The maximum Gasteiger partial charge on any atom is 0.435 e. The zero-order valence-electron chi connectivity index (χ0n) is 25.1. The predicted molar refractivity (Wildman–Crippen MR) is 152 cm³/mol. The minimum atomic E-state index is -5.17. The Morgan fingerprint density at radius 1 is 1.00 bits per heavy atom. The van der Waals surface area contributed by atoms with Crippen molar-refractivity contribution >= 4 is 11.8 Å². The summed E-state index contributed by atoms with van der Waals surface area (Å²) in [5.74, 6) is -0.976. The third-order valence-corrected chi connectivity index (χ3v) is 9.70. The fourth-order valence-electron chi connectivity index (χ4n) is 7.35. The van der Waals surface area contributed by atoms with Gasteiger partial charge in [0.25, 0.3) is 0 Å². The van der Waals surface area contributed by atoms with Gasteiger partial charge < -0.3 is 15.3 Å². The van der Waals surface area contributed by atoms with Crippen LogP contribution < -0.4 is 5.32 Å². The highest BCUT2D eigenvalue weighted by Gasteiger charge is 2.56. The lowest BCUT2D eigenvalue weighted by Crippen LogP contribution is -2.75. The van der Waals surface area contributed by atoms with E-state index < -0.39 is 64.8 Å². The van der Waals surface area contributed by atoms with Crippen LogP contribution in [-0.4, -0.2) is 74.2 Å². The second-order valence-electron chi connectivity index (χ2n) is 12.4. The van der Waals surface area contributed by atoms with E-state index in [1.165, 1.54) is 34.1 Å². The summed E-state index contributed by atoms with van der Waals surface area (Å²) in [5.41, 5.74) is -5.41. The standard InChI is InChI=1S/C31H39F6N5O3/c1-2-3-16-42-27(44)22(24(43)20-12-8-5-9-13-20)38-28(45)29(42)14-17-41(18-15-29)23(19-10-6-4-7-11-19)21-25(30(32,33)34)39-40-26(21)31(35,36)37/h4,6-7,10-11,20,22-24,43H,2-3,5,8-9,12-18H2,1H3,(H,38,45)(H,39,40)/t22-,23?,24-/m1/s1. The number of nitrogens with one attached hydrogen (secondary N) is 2. The molecule has 3 N–H and O–H groups in total. The molecule has 1 spiro atoms. The lowest BCUT2D eigenvalue weighted by atomic mass is 9.77. The fraction of sp³-hybridized carbons (Fsp3) is 0.645. The van der Waals surface area contributed by atoms with E-state index in [1.807, 2.05) is 6.92 Å². The SMILES string of the molecule is CCCCN1C(=O)[C@@H]([C@H](O)C2CCCCC2)NC(=O)C12CCN(C(c1ccccc1)c1c(C(F)(F)F)n[nH]c1C(F)(F)F)CC2. The first-order valence-corrected chi connectivity index (χ1v) is 15.6. The third-order valence-electron chi connectivity index (χ3n) is 9.70. The smallest absolute Gasteiger partial charge is 0.390 e. The van der Waals surface area contributed by atoms with Gasteiger partial charge >= 0.3 is 12.4 Å². The number of H-pyrrole nitrogens is 1. The molecule has 1 saturated carbocycles. The number of piperazine rings is 1. The molecule has 8 nitrogen and oxygen atoms in total. The van der Waals surface area contributed by atoms with Crippen molar-refractivity contribution in [2.45, 2.75) is 101 Å². The van der Waals surface area contributed by atoms with Crippen molar-refractivity contribution in [3.8, 4) is 0 Å². The molecule has 1 unspecified atom stereocenters. The van der Waals surface area contributed by atoms with Gasteiger partial charge in [0.05, 0.1) is 12.1 Å². The van der Waals surface area contributed by atoms with Gasteiger partial charge in [0.15, 0.2) is 5.69 Å². The van der Waals surface area contributed by atoms with E-state index >= 15 is 0 Å². The Hall–Kier alpha value is -3.13. The summed E-state index contributed by atoms with van der Waals surface area (Å²) in [5, 5.41) is 18.6. The molecule has 0 radical (unpaired) electrons. The maximum absolute atomic E-state index is 14.1. The number of likely N-dealkylation sites (tertiary alicyclic amines) is 1. The van der Waals surface area contributed by atoms with Crippen LogP contribution in [0.3, 0.4) is 0 Å². The van der Waals surface area contributed by atoms with Gasteiger partial charge in [0, 0.05) is 25.2 Å². The van der Waals surface area contributed by atoms with E-state index in [0.717, 1.165) is 38.5 Å². The van der Waals surface area contributed by atoms with Gasteiger partial charge in [-0.25, -0.2) is 0 Å². The number of rotatable bonds is 8. The Kier molecular flexibility index (Phi) is 9.55. The van der Waals surface area contributed by atoms with Gasteiger partial charge in [0.2, 0.25) is 11.8 Å². The highest BCUT2D eigenvalue weighted by atomic mass is 19.4. The van der Waals surface area contributed by atoms with E-state index in [2.05, 4.69) is 10.4 Å². The predicted octanol–water partition coefficient (Wildman–Crippen LogP) is 5.44. The number of benzene rings is 1. The molecular weight excluding hydrogens is 604 g/mol. The number of halogens is 6. The number of hydrogen-bond acceptors (Lipinski definition) is 5. The molecule has 1 aliphatic carbocycles. The summed E-state index contributed by atoms with van der Waals surface area (Å²) in [6.07, 6.45) is -5.64. The zero-order valence-corrected chi connectivity index (χ0v) is 25.1. The van der Waals surface area contributed by atoms with Crippen molar-refractivity contribution in [3.63, 3.8) is 0 Å². The fourth-order valence-corrected chi connectivity index (χ4v) is 7.35. The molecule has 1 aromatic heterocycles. The summed E-state index contributed by atoms with van der Waals surface area (Å²) in [6, 6.07) is 5.01. The highest BCUT2D eigenvalue weighted by Crippen LogP contribution is 2.46. The van der Waals surface area contributed by atoms with E-state index in [9.17, 15) is 41.0 Å². The molecule has 3 fully saturated rings. The number of aromatic nitrogens is 2. The first-order chi connectivity index (χ1) is 21.3. The molecule has 248 valence electrons.